The van der Waals surface area contributed by atoms with Crippen molar-refractivity contribution in [3.05, 3.63) is 0 Å². The molecule has 104 valence electrons. The molecule has 0 fully saturated rings. The Morgan fingerprint density at radius 1 is 0.529 bits per heavy atom. The number of unbranched alkanes of at least 4 members (excludes halogenated alkanes) is 5. The number of nitrogens with zero attached hydrogens (tertiary/aromatic N) is 1. The normalized spacial score (nSPS) is 12.0. The zero-order chi connectivity index (χ0) is 13.0. The fraction of sp³-hybridized carbons (Fsp3) is 1.00. The summed E-state index contributed by atoms with van der Waals surface area (Å²) < 4.78 is 1.40. The average molecular weight is 242 g/mol. The molecule has 0 radical (unpaired) electrons. The van der Waals surface area contributed by atoms with Gasteiger partial charge in [-0.05, 0) is 39.0 Å². The van der Waals surface area contributed by atoms with Crippen LogP contribution in [-0.4, -0.2) is 30.7 Å². The molecule has 17 heavy (non-hydrogen) atoms. The molecule has 0 atom stereocenters. The highest BCUT2D eigenvalue weighted by molar-refractivity contribution is 4.48. The summed E-state index contributed by atoms with van der Waals surface area (Å²) in [5.74, 6) is 0. The lowest BCUT2D eigenvalue weighted by atomic mass is 10.1. The minimum Gasteiger partial charge on any atom is -0.324 e. The van der Waals surface area contributed by atoms with Crippen LogP contribution in [0.5, 0.6) is 0 Å². The van der Waals surface area contributed by atoms with Gasteiger partial charge in [0.15, 0.2) is 0 Å². The van der Waals surface area contributed by atoms with Gasteiger partial charge in [-0.1, -0.05) is 40.0 Å². The van der Waals surface area contributed by atoms with Crippen molar-refractivity contribution in [2.75, 3.05) is 26.2 Å². The van der Waals surface area contributed by atoms with Crippen LogP contribution >= 0.6 is 0 Å². The summed E-state index contributed by atoms with van der Waals surface area (Å²) in [4.78, 5) is 0. The minimum absolute atomic E-state index is 1.34. The SMILES string of the molecule is CCCCC[N+](CC)(CCCC)CCCCC. The van der Waals surface area contributed by atoms with Gasteiger partial charge in [0.2, 0.25) is 0 Å². The second kappa shape index (κ2) is 11.1. The summed E-state index contributed by atoms with van der Waals surface area (Å²) in [5, 5.41) is 0. The van der Waals surface area contributed by atoms with Crippen molar-refractivity contribution in [1.82, 2.24) is 0 Å². The van der Waals surface area contributed by atoms with Crippen LogP contribution < -0.4 is 0 Å². The predicted molar refractivity (Wildman–Crippen MR) is 79.4 cm³/mol. The summed E-state index contributed by atoms with van der Waals surface area (Å²) in [6.45, 7) is 14.9. The molecule has 0 spiro atoms. The van der Waals surface area contributed by atoms with E-state index in [2.05, 4.69) is 27.7 Å². The maximum absolute atomic E-state index is 2.40. The molecule has 1 nitrogen and oxygen atoms in total. The molecule has 0 rings (SSSR count). The highest BCUT2D eigenvalue weighted by Gasteiger charge is 2.23. The van der Waals surface area contributed by atoms with Crippen LogP contribution in [0.4, 0.5) is 0 Å². The second-order valence-corrected chi connectivity index (χ2v) is 5.60. The van der Waals surface area contributed by atoms with E-state index in [1.807, 2.05) is 0 Å². The summed E-state index contributed by atoms with van der Waals surface area (Å²) >= 11 is 0. The van der Waals surface area contributed by atoms with Gasteiger partial charge < -0.3 is 4.48 Å². The third-order valence-corrected chi connectivity index (χ3v) is 4.13. The molecule has 0 heterocycles. The molecule has 0 N–H and O–H groups in total. The van der Waals surface area contributed by atoms with Gasteiger partial charge in [-0.3, -0.25) is 0 Å². The Morgan fingerprint density at radius 2 is 0.941 bits per heavy atom. The predicted octanol–water partition coefficient (Wildman–Crippen LogP) is 5.00. The van der Waals surface area contributed by atoms with Crippen molar-refractivity contribution in [1.29, 1.82) is 0 Å². The lowest BCUT2D eigenvalue weighted by Crippen LogP contribution is -2.49. The third kappa shape index (κ3) is 7.81. The molecule has 0 unspecified atom stereocenters. The second-order valence-electron chi connectivity index (χ2n) is 5.60. The maximum atomic E-state index is 2.40. The Morgan fingerprint density at radius 3 is 1.29 bits per heavy atom. The highest BCUT2D eigenvalue weighted by Crippen LogP contribution is 2.15. The Balaban J connectivity index is 4.17. The van der Waals surface area contributed by atoms with Crippen LogP contribution in [0.2, 0.25) is 0 Å². The zero-order valence-corrected chi connectivity index (χ0v) is 12.9. The molecule has 0 aliphatic heterocycles. The van der Waals surface area contributed by atoms with Gasteiger partial charge in [0.1, 0.15) is 0 Å². The van der Waals surface area contributed by atoms with Gasteiger partial charge in [-0.2, -0.15) is 0 Å². The van der Waals surface area contributed by atoms with Crippen molar-refractivity contribution in [2.24, 2.45) is 0 Å². The minimum atomic E-state index is 1.34. The largest absolute Gasteiger partial charge is 0.324 e. The van der Waals surface area contributed by atoms with E-state index in [4.69, 9.17) is 0 Å². The van der Waals surface area contributed by atoms with E-state index in [0.29, 0.717) is 0 Å². The fourth-order valence-electron chi connectivity index (χ4n) is 2.70. The molecule has 1 heteroatoms. The number of quaternary nitrogens is 1. The van der Waals surface area contributed by atoms with Gasteiger partial charge in [0.25, 0.3) is 0 Å². The van der Waals surface area contributed by atoms with Crippen LogP contribution in [0.15, 0.2) is 0 Å². The van der Waals surface area contributed by atoms with Gasteiger partial charge in [-0.15, -0.1) is 0 Å². The Labute approximate surface area is 110 Å². The Hall–Kier alpha value is -0.0400. The first kappa shape index (κ1) is 17.0. The van der Waals surface area contributed by atoms with Crippen molar-refractivity contribution < 1.29 is 4.48 Å². The van der Waals surface area contributed by atoms with E-state index in [0.717, 1.165) is 0 Å². The molecule has 0 aromatic carbocycles. The van der Waals surface area contributed by atoms with E-state index in [9.17, 15) is 0 Å². The first-order chi connectivity index (χ1) is 8.24. The smallest absolute Gasteiger partial charge is 0.0786 e. The summed E-state index contributed by atoms with van der Waals surface area (Å²) in [6, 6.07) is 0. The third-order valence-electron chi connectivity index (χ3n) is 4.13. The van der Waals surface area contributed by atoms with E-state index in [1.165, 1.54) is 82.0 Å². The summed E-state index contributed by atoms with van der Waals surface area (Å²) in [6.07, 6.45) is 11.2. The van der Waals surface area contributed by atoms with Crippen LogP contribution in [0.3, 0.4) is 0 Å². The average Bonchev–Trinajstić information content (AvgIpc) is 2.36. The van der Waals surface area contributed by atoms with Gasteiger partial charge in [-0.25, -0.2) is 0 Å². The van der Waals surface area contributed by atoms with E-state index in [1.54, 1.807) is 0 Å². The molecule has 0 saturated carbocycles. The molecular formula is C16H36N+. The topological polar surface area (TPSA) is 0 Å². The summed E-state index contributed by atoms with van der Waals surface area (Å²) in [5.41, 5.74) is 0. The zero-order valence-electron chi connectivity index (χ0n) is 12.9. The van der Waals surface area contributed by atoms with Crippen LogP contribution in [0.25, 0.3) is 0 Å². The van der Waals surface area contributed by atoms with E-state index < -0.39 is 0 Å². The fourth-order valence-corrected chi connectivity index (χ4v) is 2.70. The van der Waals surface area contributed by atoms with Crippen LogP contribution in [0.1, 0.15) is 79.1 Å². The number of hydrogen-bond donors (Lipinski definition) is 0. The van der Waals surface area contributed by atoms with Crippen LogP contribution in [0, 0.1) is 0 Å². The number of hydrogen-bond acceptors (Lipinski definition) is 0. The maximum Gasteiger partial charge on any atom is 0.0786 e. The highest BCUT2D eigenvalue weighted by atomic mass is 15.3. The van der Waals surface area contributed by atoms with E-state index >= 15 is 0 Å². The molecule has 0 aliphatic rings. The summed E-state index contributed by atoms with van der Waals surface area (Å²) in [7, 11) is 0. The first-order valence-electron chi connectivity index (χ1n) is 8.09. The Bertz CT molecular complexity index is 144. The van der Waals surface area contributed by atoms with Gasteiger partial charge >= 0.3 is 0 Å². The molecule has 0 aromatic rings. The van der Waals surface area contributed by atoms with E-state index in [-0.39, 0.29) is 0 Å². The molecule has 0 bridgehead atoms. The van der Waals surface area contributed by atoms with Crippen molar-refractivity contribution >= 4 is 0 Å². The molecule has 0 aliphatic carbocycles. The standard InChI is InChI=1S/C16H36N/c1-5-9-12-15-17(8-4,14-11-7-3)16-13-10-6-2/h5-16H2,1-4H3/q+1. The number of rotatable bonds is 12. The lowest BCUT2D eigenvalue weighted by Gasteiger charge is -2.38. The van der Waals surface area contributed by atoms with Crippen LogP contribution in [-0.2, 0) is 0 Å². The van der Waals surface area contributed by atoms with Crippen molar-refractivity contribution in [2.45, 2.75) is 79.1 Å². The first-order valence-corrected chi connectivity index (χ1v) is 8.09. The van der Waals surface area contributed by atoms with Crippen molar-refractivity contribution in [3.63, 3.8) is 0 Å². The Kier molecular flexibility index (Phi) is 11.0. The van der Waals surface area contributed by atoms with Gasteiger partial charge in [0.05, 0.1) is 26.2 Å². The van der Waals surface area contributed by atoms with Crippen molar-refractivity contribution in [3.8, 4) is 0 Å². The molecule has 0 aromatic heterocycles. The molecular weight excluding hydrogens is 206 g/mol. The molecule has 0 amide bonds. The molecule has 0 saturated heterocycles. The van der Waals surface area contributed by atoms with Gasteiger partial charge in [0, 0.05) is 0 Å². The quantitative estimate of drug-likeness (QED) is 0.333. The lowest BCUT2D eigenvalue weighted by molar-refractivity contribution is -0.927. The monoisotopic (exact) mass is 242 g/mol.